The van der Waals surface area contributed by atoms with E-state index >= 15 is 0 Å². The van der Waals surface area contributed by atoms with Crippen molar-refractivity contribution < 1.29 is 9.53 Å². The van der Waals surface area contributed by atoms with Gasteiger partial charge in [-0.2, -0.15) is 5.26 Å². The van der Waals surface area contributed by atoms with Crippen molar-refractivity contribution in [3.63, 3.8) is 0 Å². The van der Waals surface area contributed by atoms with Crippen molar-refractivity contribution in [3.05, 3.63) is 29.6 Å². The van der Waals surface area contributed by atoms with Crippen molar-refractivity contribution in [2.45, 2.75) is 6.54 Å². The normalized spacial score (nSPS) is 14.9. The number of carbonyl (C=O) groups excluding carboxylic acids is 1. The van der Waals surface area contributed by atoms with Crippen LogP contribution in [0, 0.1) is 11.3 Å². The van der Waals surface area contributed by atoms with Crippen LogP contribution in [0.4, 0.5) is 4.79 Å². The summed E-state index contributed by atoms with van der Waals surface area (Å²) in [5.74, 6) is 0. The van der Waals surface area contributed by atoms with E-state index in [0.717, 1.165) is 5.56 Å². The smallest absolute Gasteiger partial charge is 0.410 e. The van der Waals surface area contributed by atoms with Gasteiger partial charge in [0.05, 0.1) is 13.1 Å². The first-order valence-electron chi connectivity index (χ1n) is 4.57. The van der Waals surface area contributed by atoms with E-state index < -0.39 is 0 Å². The van der Waals surface area contributed by atoms with Crippen LogP contribution in [-0.2, 0) is 11.3 Å². The molecule has 2 rings (SSSR count). The second-order valence-corrected chi connectivity index (χ2v) is 3.16. The average Bonchev–Trinajstić information content (AvgIpc) is 2.65. The number of hydrogen-bond acceptors (Lipinski definition) is 4. The lowest BCUT2D eigenvalue weighted by atomic mass is 10.2. The molecule has 1 aromatic rings. The predicted molar refractivity (Wildman–Crippen MR) is 50.7 cm³/mol. The van der Waals surface area contributed by atoms with Gasteiger partial charge in [0.1, 0.15) is 18.4 Å². The maximum atomic E-state index is 11.2. The lowest BCUT2D eigenvalue weighted by Crippen LogP contribution is -2.24. The summed E-state index contributed by atoms with van der Waals surface area (Å²) in [6.07, 6.45) is 1.23. The van der Waals surface area contributed by atoms with Crippen molar-refractivity contribution in [3.8, 4) is 6.07 Å². The van der Waals surface area contributed by atoms with Crippen LogP contribution in [0.15, 0.2) is 18.3 Å². The van der Waals surface area contributed by atoms with Gasteiger partial charge in [0, 0.05) is 11.8 Å². The maximum absolute atomic E-state index is 11.2. The van der Waals surface area contributed by atoms with E-state index in [2.05, 4.69) is 4.98 Å². The fourth-order valence-electron chi connectivity index (χ4n) is 1.44. The number of amides is 1. The third kappa shape index (κ3) is 1.89. The van der Waals surface area contributed by atoms with Gasteiger partial charge in [-0.05, 0) is 6.07 Å². The van der Waals surface area contributed by atoms with Crippen molar-refractivity contribution in [2.75, 3.05) is 13.2 Å². The Labute approximate surface area is 86.9 Å². The molecule has 1 amide bonds. The first-order valence-corrected chi connectivity index (χ1v) is 4.57. The minimum absolute atomic E-state index is 0.331. The summed E-state index contributed by atoms with van der Waals surface area (Å²) in [5.41, 5.74) is 1.11. The van der Waals surface area contributed by atoms with Gasteiger partial charge < -0.3 is 9.64 Å². The minimum atomic E-state index is -0.331. The Morgan fingerprint density at radius 1 is 1.67 bits per heavy atom. The molecule has 0 aromatic carbocycles. The average molecular weight is 203 g/mol. The van der Waals surface area contributed by atoms with Crippen LogP contribution in [0.2, 0.25) is 0 Å². The molecule has 0 saturated carbocycles. The molecule has 5 heteroatoms. The molecule has 0 unspecified atom stereocenters. The van der Waals surface area contributed by atoms with Gasteiger partial charge in [0.2, 0.25) is 0 Å². The lowest BCUT2D eigenvalue weighted by molar-refractivity contribution is 0.157. The van der Waals surface area contributed by atoms with Crippen LogP contribution in [0.3, 0.4) is 0 Å². The second-order valence-electron chi connectivity index (χ2n) is 3.16. The standard InChI is InChI=1S/C10H9N3O2/c11-6-9-8(2-1-3-12-9)7-13-4-5-15-10(13)14/h1-3H,4-5,7H2. The van der Waals surface area contributed by atoms with E-state index in [9.17, 15) is 4.79 Å². The van der Waals surface area contributed by atoms with Gasteiger partial charge in [0.15, 0.2) is 0 Å². The number of nitrogens with zero attached hydrogens (tertiary/aromatic N) is 3. The van der Waals surface area contributed by atoms with Crippen LogP contribution >= 0.6 is 0 Å². The zero-order chi connectivity index (χ0) is 10.7. The van der Waals surface area contributed by atoms with Gasteiger partial charge in [0.25, 0.3) is 0 Å². The molecule has 76 valence electrons. The molecular weight excluding hydrogens is 194 g/mol. The summed E-state index contributed by atoms with van der Waals surface area (Å²) in [7, 11) is 0. The number of rotatable bonds is 2. The van der Waals surface area contributed by atoms with Gasteiger partial charge in [-0.3, -0.25) is 0 Å². The molecule has 15 heavy (non-hydrogen) atoms. The third-order valence-corrected chi connectivity index (χ3v) is 2.20. The first kappa shape index (κ1) is 9.46. The second kappa shape index (κ2) is 3.96. The fraction of sp³-hybridized carbons (Fsp3) is 0.300. The monoisotopic (exact) mass is 203 g/mol. The SMILES string of the molecule is N#Cc1ncccc1CN1CCOC1=O. The number of nitriles is 1. The summed E-state index contributed by atoms with van der Waals surface area (Å²) in [5, 5.41) is 8.81. The summed E-state index contributed by atoms with van der Waals surface area (Å²) in [6.45, 7) is 1.37. The van der Waals surface area contributed by atoms with Crippen molar-refractivity contribution in [1.82, 2.24) is 9.88 Å². The number of hydrogen-bond donors (Lipinski definition) is 0. The molecule has 1 aliphatic rings. The van der Waals surface area contributed by atoms with Gasteiger partial charge >= 0.3 is 6.09 Å². The summed E-state index contributed by atoms with van der Waals surface area (Å²) in [4.78, 5) is 16.7. The highest BCUT2D eigenvalue weighted by molar-refractivity contribution is 5.69. The molecule has 1 fully saturated rings. The Morgan fingerprint density at radius 3 is 3.20 bits per heavy atom. The zero-order valence-electron chi connectivity index (χ0n) is 8.01. The molecular formula is C10H9N3O2. The molecule has 0 bridgehead atoms. The zero-order valence-corrected chi connectivity index (χ0v) is 8.01. The largest absolute Gasteiger partial charge is 0.448 e. The van der Waals surface area contributed by atoms with Gasteiger partial charge in [-0.1, -0.05) is 6.07 Å². The van der Waals surface area contributed by atoms with E-state index in [1.54, 1.807) is 23.2 Å². The molecule has 1 aliphatic heterocycles. The molecule has 0 radical (unpaired) electrons. The van der Waals surface area contributed by atoms with E-state index in [1.807, 2.05) is 6.07 Å². The van der Waals surface area contributed by atoms with Crippen LogP contribution in [-0.4, -0.2) is 29.1 Å². The predicted octanol–water partition coefficient (Wildman–Crippen LogP) is 0.905. The topological polar surface area (TPSA) is 66.2 Å². The molecule has 0 atom stereocenters. The number of pyridine rings is 1. The van der Waals surface area contributed by atoms with Crippen LogP contribution in [0.1, 0.15) is 11.3 Å². The highest BCUT2D eigenvalue weighted by Crippen LogP contribution is 2.12. The van der Waals surface area contributed by atoms with Crippen LogP contribution in [0.25, 0.3) is 0 Å². The van der Waals surface area contributed by atoms with Gasteiger partial charge in [-0.15, -0.1) is 0 Å². The Morgan fingerprint density at radius 2 is 2.53 bits per heavy atom. The lowest BCUT2D eigenvalue weighted by Gasteiger charge is -2.12. The summed E-state index contributed by atoms with van der Waals surface area (Å²) in [6, 6.07) is 5.53. The highest BCUT2D eigenvalue weighted by Gasteiger charge is 2.22. The summed E-state index contributed by atoms with van der Waals surface area (Å²) >= 11 is 0. The van der Waals surface area contributed by atoms with Crippen LogP contribution < -0.4 is 0 Å². The molecule has 1 aromatic heterocycles. The third-order valence-electron chi connectivity index (χ3n) is 2.20. The van der Waals surface area contributed by atoms with E-state index in [1.165, 1.54) is 0 Å². The van der Waals surface area contributed by atoms with Crippen molar-refractivity contribution in [1.29, 1.82) is 5.26 Å². The number of carbonyl (C=O) groups is 1. The van der Waals surface area contributed by atoms with Crippen molar-refractivity contribution in [2.24, 2.45) is 0 Å². The minimum Gasteiger partial charge on any atom is -0.448 e. The molecule has 1 saturated heterocycles. The summed E-state index contributed by atoms with van der Waals surface area (Å²) < 4.78 is 4.79. The fourth-order valence-corrected chi connectivity index (χ4v) is 1.44. The molecule has 5 nitrogen and oxygen atoms in total. The molecule has 0 N–H and O–H groups in total. The van der Waals surface area contributed by atoms with Crippen LogP contribution in [0.5, 0.6) is 0 Å². The maximum Gasteiger partial charge on any atom is 0.410 e. The number of cyclic esters (lactones) is 1. The first-order chi connectivity index (χ1) is 7.31. The van der Waals surface area contributed by atoms with E-state index in [0.29, 0.717) is 25.4 Å². The van der Waals surface area contributed by atoms with E-state index in [4.69, 9.17) is 10.00 Å². The Bertz CT molecular complexity index is 425. The van der Waals surface area contributed by atoms with Gasteiger partial charge in [-0.25, -0.2) is 9.78 Å². The highest BCUT2D eigenvalue weighted by atomic mass is 16.6. The molecule has 0 spiro atoms. The quantitative estimate of drug-likeness (QED) is 0.716. The Kier molecular flexibility index (Phi) is 2.50. The molecule has 0 aliphatic carbocycles. The number of ether oxygens (including phenoxy) is 1. The Balaban J connectivity index is 2.17. The Hall–Kier alpha value is -2.09. The number of aromatic nitrogens is 1. The van der Waals surface area contributed by atoms with E-state index in [-0.39, 0.29) is 6.09 Å². The van der Waals surface area contributed by atoms with Crippen molar-refractivity contribution >= 4 is 6.09 Å². The molecule has 2 heterocycles.